The number of hydrogen-bond donors (Lipinski definition) is 1. The molecule has 1 amide bonds. The maximum absolute atomic E-state index is 11.6. The van der Waals surface area contributed by atoms with Crippen molar-refractivity contribution in [3.05, 3.63) is 11.6 Å². The Morgan fingerprint density at radius 3 is 2.50 bits per heavy atom. The van der Waals surface area contributed by atoms with Crippen molar-refractivity contribution in [2.45, 2.75) is 52.4 Å². The highest BCUT2D eigenvalue weighted by Gasteiger charge is 2.25. The van der Waals surface area contributed by atoms with Crippen LogP contribution in [0.4, 0.5) is 0 Å². The molecule has 92 valence electrons. The minimum Gasteiger partial charge on any atom is -0.355 e. The van der Waals surface area contributed by atoms with Crippen molar-refractivity contribution in [2.24, 2.45) is 11.8 Å². The van der Waals surface area contributed by atoms with Crippen LogP contribution < -0.4 is 5.32 Å². The summed E-state index contributed by atoms with van der Waals surface area (Å²) in [6.07, 6.45) is 9.61. The van der Waals surface area contributed by atoms with E-state index in [1.807, 2.05) is 13.0 Å². The Bertz CT molecular complexity index is 251. The average Bonchev–Trinajstić information content (AvgIpc) is 2.83. The third-order valence-corrected chi connectivity index (χ3v) is 3.94. The summed E-state index contributed by atoms with van der Waals surface area (Å²) in [5.74, 6) is 1.65. The first-order chi connectivity index (χ1) is 7.72. The van der Waals surface area contributed by atoms with Crippen molar-refractivity contribution in [1.29, 1.82) is 0 Å². The van der Waals surface area contributed by atoms with Gasteiger partial charge in [0.15, 0.2) is 0 Å². The molecule has 0 aromatic rings. The van der Waals surface area contributed by atoms with Gasteiger partial charge in [0.2, 0.25) is 5.91 Å². The Labute approximate surface area is 99.5 Å². The molecule has 0 spiro atoms. The summed E-state index contributed by atoms with van der Waals surface area (Å²) < 4.78 is 0. The largest absolute Gasteiger partial charge is 0.355 e. The highest BCUT2D eigenvalue weighted by molar-refractivity contribution is 5.93. The van der Waals surface area contributed by atoms with E-state index < -0.39 is 0 Å². The maximum Gasteiger partial charge on any atom is 0.246 e. The molecule has 1 aliphatic carbocycles. The van der Waals surface area contributed by atoms with Gasteiger partial charge in [-0.15, -0.1) is 0 Å². The zero-order chi connectivity index (χ0) is 12.0. The first kappa shape index (κ1) is 13.3. The number of likely N-dealkylation sites (N-methyl/N-ethyl adjacent to an activating group) is 1. The molecule has 0 radical (unpaired) electrons. The molecule has 0 aromatic carbocycles. The van der Waals surface area contributed by atoms with Crippen LogP contribution in [0.15, 0.2) is 11.6 Å². The van der Waals surface area contributed by atoms with Crippen LogP contribution in [0.1, 0.15) is 52.4 Å². The molecule has 1 fully saturated rings. The van der Waals surface area contributed by atoms with E-state index in [1.165, 1.54) is 32.1 Å². The monoisotopic (exact) mass is 223 g/mol. The predicted octanol–water partition coefficient (Wildman–Crippen LogP) is 3.29. The van der Waals surface area contributed by atoms with Crippen molar-refractivity contribution in [3.8, 4) is 0 Å². The Morgan fingerprint density at radius 2 is 2.06 bits per heavy atom. The fourth-order valence-electron chi connectivity index (χ4n) is 2.86. The highest BCUT2D eigenvalue weighted by Crippen LogP contribution is 2.36. The van der Waals surface area contributed by atoms with Gasteiger partial charge in [0, 0.05) is 12.6 Å². The molecular formula is C14H25NO. The summed E-state index contributed by atoms with van der Waals surface area (Å²) in [4.78, 5) is 11.6. The predicted molar refractivity (Wildman–Crippen MR) is 68.2 cm³/mol. The van der Waals surface area contributed by atoms with Crippen molar-refractivity contribution >= 4 is 5.91 Å². The summed E-state index contributed by atoms with van der Waals surface area (Å²) >= 11 is 0. The van der Waals surface area contributed by atoms with Crippen LogP contribution in [0.5, 0.6) is 0 Å². The molecule has 0 bridgehead atoms. The second-order valence-corrected chi connectivity index (χ2v) is 4.81. The maximum atomic E-state index is 11.6. The van der Waals surface area contributed by atoms with Crippen molar-refractivity contribution in [3.63, 3.8) is 0 Å². The molecule has 1 atom stereocenters. The Hall–Kier alpha value is -0.790. The lowest BCUT2D eigenvalue weighted by atomic mass is 9.83. The van der Waals surface area contributed by atoms with E-state index >= 15 is 0 Å². The lowest BCUT2D eigenvalue weighted by molar-refractivity contribution is -0.117. The minimum atomic E-state index is 0.0962. The van der Waals surface area contributed by atoms with E-state index in [2.05, 4.69) is 12.2 Å². The van der Waals surface area contributed by atoms with Gasteiger partial charge in [-0.05, 0) is 25.2 Å². The Balaban J connectivity index is 2.57. The molecule has 1 rings (SSSR count). The summed E-state index contributed by atoms with van der Waals surface area (Å²) in [6.45, 7) is 4.21. The fourth-order valence-corrected chi connectivity index (χ4v) is 2.86. The topological polar surface area (TPSA) is 29.1 Å². The number of carbonyl (C=O) groups excluding carboxylic acids is 1. The average molecular weight is 223 g/mol. The lowest BCUT2D eigenvalue weighted by Gasteiger charge is -2.22. The van der Waals surface area contributed by atoms with Gasteiger partial charge in [-0.1, -0.05) is 45.1 Å². The normalized spacial score (nSPS) is 19.8. The van der Waals surface area contributed by atoms with Gasteiger partial charge >= 0.3 is 0 Å². The molecule has 0 saturated heterocycles. The van der Waals surface area contributed by atoms with Gasteiger partial charge in [-0.3, -0.25) is 4.79 Å². The van der Waals surface area contributed by atoms with Crippen molar-refractivity contribution in [2.75, 3.05) is 7.05 Å². The number of rotatable bonds is 5. The molecule has 0 aromatic heterocycles. The Morgan fingerprint density at radius 1 is 1.44 bits per heavy atom. The fraction of sp³-hybridized carbons (Fsp3) is 0.786. The molecule has 0 heterocycles. The van der Waals surface area contributed by atoms with Gasteiger partial charge in [-0.2, -0.15) is 0 Å². The quantitative estimate of drug-likeness (QED) is 0.712. The molecular weight excluding hydrogens is 198 g/mol. The highest BCUT2D eigenvalue weighted by atomic mass is 16.1. The van der Waals surface area contributed by atoms with Gasteiger partial charge in [0.25, 0.3) is 0 Å². The van der Waals surface area contributed by atoms with Gasteiger partial charge < -0.3 is 5.32 Å². The van der Waals surface area contributed by atoms with Gasteiger partial charge in [-0.25, -0.2) is 0 Å². The van der Waals surface area contributed by atoms with Gasteiger partial charge in [0.1, 0.15) is 0 Å². The van der Waals surface area contributed by atoms with E-state index in [1.54, 1.807) is 7.05 Å². The van der Waals surface area contributed by atoms with Crippen LogP contribution in [0, 0.1) is 11.8 Å². The Kier molecular flexibility index (Phi) is 5.58. The molecule has 1 aliphatic rings. The van der Waals surface area contributed by atoms with Crippen molar-refractivity contribution in [1.82, 2.24) is 5.32 Å². The standard InChI is InChI=1S/C14H25NO/c1-4-11(13-8-6-7-9-13)10-12(5-2)14(16)15-3/h5,11,13H,4,6-10H2,1-3H3,(H,15,16). The third-order valence-electron chi connectivity index (χ3n) is 3.94. The number of nitrogens with one attached hydrogen (secondary N) is 1. The molecule has 2 heteroatoms. The van der Waals surface area contributed by atoms with E-state index in [0.29, 0.717) is 5.92 Å². The van der Waals surface area contributed by atoms with Crippen LogP contribution in [0.2, 0.25) is 0 Å². The second kappa shape index (κ2) is 6.72. The van der Waals surface area contributed by atoms with E-state index in [-0.39, 0.29) is 5.91 Å². The van der Waals surface area contributed by atoms with E-state index in [9.17, 15) is 4.79 Å². The summed E-state index contributed by atoms with van der Waals surface area (Å²) in [5, 5.41) is 2.73. The first-order valence-corrected chi connectivity index (χ1v) is 6.60. The molecule has 1 unspecified atom stereocenters. The third kappa shape index (κ3) is 3.36. The zero-order valence-corrected chi connectivity index (χ0v) is 10.9. The van der Waals surface area contributed by atoms with Crippen LogP contribution in [0.3, 0.4) is 0 Å². The number of amides is 1. The van der Waals surface area contributed by atoms with Crippen molar-refractivity contribution < 1.29 is 4.79 Å². The van der Waals surface area contributed by atoms with Crippen LogP contribution in [-0.4, -0.2) is 13.0 Å². The molecule has 1 N–H and O–H groups in total. The van der Waals surface area contributed by atoms with Crippen LogP contribution >= 0.6 is 0 Å². The van der Waals surface area contributed by atoms with Crippen LogP contribution in [-0.2, 0) is 4.79 Å². The SMILES string of the molecule is CC=C(CC(CC)C1CCCC1)C(=O)NC. The second-order valence-electron chi connectivity index (χ2n) is 4.81. The van der Waals surface area contributed by atoms with Gasteiger partial charge in [0.05, 0.1) is 0 Å². The lowest BCUT2D eigenvalue weighted by Crippen LogP contribution is -2.23. The number of allylic oxidation sites excluding steroid dienone is 1. The first-order valence-electron chi connectivity index (χ1n) is 6.60. The zero-order valence-electron chi connectivity index (χ0n) is 10.9. The number of carbonyl (C=O) groups is 1. The summed E-state index contributed by atoms with van der Waals surface area (Å²) in [5.41, 5.74) is 0.959. The summed E-state index contributed by atoms with van der Waals surface area (Å²) in [7, 11) is 1.71. The van der Waals surface area contributed by atoms with E-state index in [4.69, 9.17) is 0 Å². The molecule has 0 aliphatic heterocycles. The molecule has 1 saturated carbocycles. The molecule has 2 nitrogen and oxygen atoms in total. The van der Waals surface area contributed by atoms with E-state index in [0.717, 1.165) is 17.9 Å². The minimum absolute atomic E-state index is 0.0962. The molecule has 16 heavy (non-hydrogen) atoms. The smallest absolute Gasteiger partial charge is 0.246 e. The van der Waals surface area contributed by atoms with Crippen LogP contribution in [0.25, 0.3) is 0 Å². The number of hydrogen-bond acceptors (Lipinski definition) is 1. The summed E-state index contributed by atoms with van der Waals surface area (Å²) in [6, 6.07) is 0.